The monoisotopic (exact) mass is 288 g/mol. The number of halogens is 4. The Hall–Kier alpha value is -1.26. The van der Waals surface area contributed by atoms with E-state index in [1.807, 2.05) is 6.92 Å². The van der Waals surface area contributed by atoms with Gasteiger partial charge in [-0.25, -0.2) is 18.7 Å². The molecule has 0 aliphatic rings. The van der Waals surface area contributed by atoms with Gasteiger partial charge in [0.05, 0.1) is 10.6 Å². The normalized spacial score (nSPS) is 10.7. The lowest BCUT2D eigenvalue weighted by atomic mass is 10.2. The highest BCUT2D eigenvalue weighted by atomic mass is 35.5. The van der Waals surface area contributed by atoms with Crippen LogP contribution in [0.15, 0.2) is 18.2 Å². The first-order chi connectivity index (χ1) is 8.51. The fraction of sp³-hybridized carbons (Fsp3) is 0.167. The molecule has 0 atom stereocenters. The maximum atomic E-state index is 13.7. The summed E-state index contributed by atoms with van der Waals surface area (Å²) in [5.41, 5.74) is 0.592. The van der Waals surface area contributed by atoms with E-state index in [1.165, 1.54) is 0 Å². The van der Waals surface area contributed by atoms with Crippen LogP contribution in [0.1, 0.15) is 12.6 Å². The number of nitrogens with zero attached hydrogens (tertiary/aromatic N) is 2. The molecule has 1 aromatic heterocycles. The van der Waals surface area contributed by atoms with E-state index in [0.29, 0.717) is 12.1 Å². The van der Waals surface area contributed by atoms with Crippen LogP contribution in [0.2, 0.25) is 10.2 Å². The Morgan fingerprint density at radius 2 is 1.78 bits per heavy atom. The van der Waals surface area contributed by atoms with Crippen molar-refractivity contribution in [3.63, 3.8) is 0 Å². The lowest BCUT2D eigenvalue weighted by Gasteiger charge is -2.06. The fourth-order valence-electron chi connectivity index (χ4n) is 1.46. The third-order valence-corrected chi connectivity index (χ3v) is 2.84. The molecule has 0 fully saturated rings. The summed E-state index contributed by atoms with van der Waals surface area (Å²) in [7, 11) is 0. The van der Waals surface area contributed by atoms with Gasteiger partial charge < -0.3 is 0 Å². The highest BCUT2D eigenvalue weighted by Gasteiger charge is 2.14. The van der Waals surface area contributed by atoms with Crippen molar-refractivity contribution in [3.05, 3.63) is 45.7 Å². The molecule has 0 N–H and O–H groups in total. The first-order valence-electron chi connectivity index (χ1n) is 5.19. The summed E-state index contributed by atoms with van der Waals surface area (Å²) in [4.78, 5) is 8.00. The third kappa shape index (κ3) is 2.60. The molecule has 1 heterocycles. The second-order valence-electron chi connectivity index (χ2n) is 3.61. The summed E-state index contributed by atoms with van der Waals surface area (Å²) < 4.78 is 27.1. The lowest BCUT2D eigenvalue weighted by Crippen LogP contribution is -1.98. The van der Waals surface area contributed by atoms with Gasteiger partial charge in [0, 0.05) is 5.69 Å². The van der Waals surface area contributed by atoms with Crippen molar-refractivity contribution >= 4 is 23.2 Å². The van der Waals surface area contributed by atoms with E-state index in [-0.39, 0.29) is 21.6 Å². The summed E-state index contributed by atoms with van der Waals surface area (Å²) >= 11 is 11.3. The summed E-state index contributed by atoms with van der Waals surface area (Å²) in [6.07, 6.45) is 0.618. The fourth-order valence-corrected chi connectivity index (χ4v) is 1.82. The minimum Gasteiger partial charge on any atom is -0.233 e. The molecular weight excluding hydrogens is 281 g/mol. The van der Waals surface area contributed by atoms with E-state index < -0.39 is 11.6 Å². The van der Waals surface area contributed by atoms with Crippen LogP contribution in [0.5, 0.6) is 0 Å². The molecule has 0 spiro atoms. The number of rotatable bonds is 2. The summed E-state index contributed by atoms with van der Waals surface area (Å²) in [5.74, 6) is -1.37. The van der Waals surface area contributed by atoms with Crippen LogP contribution < -0.4 is 0 Å². The average Bonchev–Trinajstić information content (AvgIpc) is 2.33. The van der Waals surface area contributed by atoms with Crippen LogP contribution in [0.3, 0.4) is 0 Å². The maximum Gasteiger partial charge on any atom is 0.164 e. The zero-order chi connectivity index (χ0) is 13.3. The number of benzene rings is 1. The Labute approximate surface area is 113 Å². The van der Waals surface area contributed by atoms with E-state index >= 15 is 0 Å². The second kappa shape index (κ2) is 5.16. The van der Waals surface area contributed by atoms with Crippen molar-refractivity contribution in [2.75, 3.05) is 0 Å². The van der Waals surface area contributed by atoms with Crippen molar-refractivity contribution in [1.29, 1.82) is 0 Å². The van der Waals surface area contributed by atoms with E-state index in [2.05, 4.69) is 9.97 Å². The maximum absolute atomic E-state index is 13.7. The smallest absolute Gasteiger partial charge is 0.164 e. The van der Waals surface area contributed by atoms with E-state index in [0.717, 1.165) is 12.1 Å². The molecule has 0 radical (unpaired) electrons. The Kier molecular flexibility index (Phi) is 3.78. The number of aromatic nitrogens is 2. The Bertz CT molecular complexity index is 603. The van der Waals surface area contributed by atoms with Gasteiger partial charge in [-0.15, -0.1) is 0 Å². The van der Waals surface area contributed by atoms with Gasteiger partial charge in [-0.3, -0.25) is 0 Å². The first kappa shape index (κ1) is 13.2. The molecule has 0 aliphatic carbocycles. The van der Waals surface area contributed by atoms with Gasteiger partial charge in [0.15, 0.2) is 5.82 Å². The van der Waals surface area contributed by atoms with Crippen LogP contribution in [-0.4, -0.2) is 9.97 Å². The second-order valence-corrected chi connectivity index (χ2v) is 4.40. The largest absolute Gasteiger partial charge is 0.233 e. The molecule has 2 rings (SSSR count). The molecule has 0 bridgehead atoms. The van der Waals surface area contributed by atoms with Crippen LogP contribution >= 0.6 is 23.2 Å². The predicted molar refractivity (Wildman–Crippen MR) is 66.8 cm³/mol. The minimum atomic E-state index is -0.727. The summed E-state index contributed by atoms with van der Waals surface area (Å²) in [6, 6.07) is 3.43. The predicted octanol–water partition coefficient (Wildman–Crippen LogP) is 4.29. The molecule has 1 aromatic carbocycles. The molecule has 0 saturated carbocycles. The molecular formula is C12H8Cl2F2N2. The summed E-state index contributed by atoms with van der Waals surface area (Å²) in [5, 5.41) is -0.0967. The number of hydrogen-bond donors (Lipinski definition) is 0. The SMILES string of the molecule is CCc1cc(Cl)nc(-c2cc(F)c(Cl)cc2F)n1. The zero-order valence-corrected chi connectivity index (χ0v) is 10.9. The molecule has 6 heteroatoms. The van der Waals surface area contributed by atoms with Gasteiger partial charge in [0.2, 0.25) is 0 Å². The molecule has 2 aromatic rings. The highest BCUT2D eigenvalue weighted by molar-refractivity contribution is 6.30. The molecule has 18 heavy (non-hydrogen) atoms. The minimum absolute atomic E-state index is 0.0485. The van der Waals surface area contributed by atoms with E-state index in [1.54, 1.807) is 6.07 Å². The number of hydrogen-bond acceptors (Lipinski definition) is 2. The molecule has 0 amide bonds. The Morgan fingerprint density at radius 3 is 2.44 bits per heavy atom. The quantitative estimate of drug-likeness (QED) is 0.608. The highest BCUT2D eigenvalue weighted by Crippen LogP contribution is 2.26. The van der Waals surface area contributed by atoms with Crippen LogP contribution in [0, 0.1) is 11.6 Å². The van der Waals surface area contributed by atoms with Gasteiger partial charge in [0.25, 0.3) is 0 Å². The van der Waals surface area contributed by atoms with Gasteiger partial charge >= 0.3 is 0 Å². The first-order valence-corrected chi connectivity index (χ1v) is 5.95. The van der Waals surface area contributed by atoms with Crippen molar-refractivity contribution in [2.45, 2.75) is 13.3 Å². The molecule has 2 nitrogen and oxygen atoms in total. The van der Waals surface area contributed by atoms with Gasteiger partial charge in [-0.2, -0.15) is 0 Å². The lowest BCUT2D eigenvalue weighted by molar-refractivity contribution is 0.602. The molecule has 94 valence electrons. The van der Waals surface area contributed by atoms with Crippen LogP contribution in [-0.2, 0) is 6.42 Å². The van der Waals surface area contributed by atoms with Crippen molar-refractivity contribution < 1.29 is 8.78 Å². The third-order valence-electron chi connectivity index (χ3n) is 2.36. The van der Waals surface area contributed by atoms with Crippen molar-refractivity contribution in [3.8, 4) is 11.4 Å². The van der Waals surface area contributed by atoms with Gasteiger partial charge in [-0.1, -0.05) is 30.1 Å². The van der Waals surface area contributed by atoms with Crippen LogP contribution in [0.25, 0.3) is 11.4 Å². The average molecular weight is 289 g/mol. The van der Waals surface area contributed by atoms with Crippen molar-refractivity contribution in [1.82, 2.24) is 9.97 Å². The zero-order valence-electron chi connectivity index (χ0n) is 9.35. The standard InChI is InChI=1S/C12H8Cl2F2N2/c1-2-6-3-11(14)18-12(17-6)7-4-10(16)8(13)5-9(7)15/h3-5H,2H2,1H3. The van der Waals surface area contributed by atoms with E-state index in [4.69, 9.17) is 23.2 Å². The Morgan fingerprint density at radius 1 is 1.06 bits per heavy atom. The molecule has 0 unspecified atom stereocenters. The van der Waals surface area contributed by atoms with Gasteiger partial charge in [-0.05, 0) is 24.6 Å². The molecule has 0 aliphatic heterocycles. The van der Waals surface area contributed by atoms with Crippen molar-refractivity contribution in [2.24, 2.45) is 0 Å². The van der Waals surface area contributed by atoms with E-state index in [9.17, 15) is 8.78 Å². The van der Waals surface area contributed by atoms with Crippen LogP contribution in [0.4, 0.5) is 8.78 Å². The van der Waals surface area contributed by atoms with Gasteiger partial charge in [0.1, 0.15) is 16.8 Å². The summed E-state index contributed by atoms with van der Waals surface area (Å²) in [6.45, 7) is 1.88. The molecule has 0 saturated heterocycles. The topological polar surface area (TPSA) is 25.8 Å². The Balaban J connectivity index is 2.61. The number of aryl methyl sites for hydroxylation is 1.